The molecule has 106 valence electrons. The molecule has 0 fully saturated rings. The van der Waals surface area contributed by atoms with Gasteiger partial charge in [-0.25, -0.2) is 9.37 Å². The number of pyridine rings is 2. The van der Waals surface area contributed by atoms with Gasteiger partial charge in [-0.1, -0.05) is 6.07 Å². The van der Waals surface area contributed by atoms with Crippen LogP contribution in [0.2, 0.25) is 0 Å². The number of anilines is 1. The Hall–Kier alpha value is -2.69. The van der Waals surface area contributed by atoms with Crippen LogP contribution in [-0.2, 0) is 6.42 Å². The zero-order valence-electron chi connectivity index (χ0n) is 11.5. The summed E-state index contributed by atoms with van der Waals surface area (Å²) in [6.07, 6.45) is 3.69. The van der Waals surface area contributed by atoms with E-state index in [4.69, 9.17) is 10.5 Å². The van der Waals surface area contributed by atoms with E-state index in [1.165, 1.54) is 13.2 Å². The first-order chi connectivity index (χ1) is 10.2. The number of nitrogens with zero attached hydrogens (tertiary/aromatic N) is 2. The highest BCUT2D eigenvalue weighted by atomic mass is 19.1. The Morgan fingerprint density at radius 2 is 2.14 bits per heavy atom. The van der Waals surface area contributed by atoms with Gasteiger partial charge in [-0.15, -0.1) is 0 Å². The molecule has 0 bridgehead atoms. The SMILES string of the molecule is COc1cccc(F)c1Cc1cc2cnccc2nc1N. The number of hydrogen-bond donors (Lipinski definition) is 1. The van der Waals surface area contributed by atoms with Crippen LogP contribution in [0.1, 0.15) is 11.1 Å². The number of benzene rings is 1. The van der Waals surface area contributed by atoms with Crippen LogP contribution in [0, 0.1) is 5.82 Å². The Kier molecular flexibility index (Phi) is 3.39. The highest BCUT2D eigenvalue weighted by Gasteiger charge is 2.13. The highest BCUT2D eigenvalue weighted by molar-refractivity contribution is 5.80. The predicted molar refractivity (Wildman–Crippen MR) is 79.7 cm³/mol. The van der Waals surface area contributed by atoms with Gasteiger partial charge in [0.05, 0.1) is 12.6 Å². The molecule has 0 spiro atoms. The van der Waals surface area contributed by atoms with Crippen molar-refractivity contribution in [1.29, 1.82) is 0 Å². The smallest absolute Gasteiger partial charge is 0.130 e. The lowest BCUT2D eigenvalue weighted by Gasteiger charge is -2.11. The topological polar surface area (TPSA) is 61.0 Å². The fourth-order valence-corrected chi connectivity index (χ4v) is 2.31. The molecule has 2 aromatic heterocycles. The molecule has 0 unspecified atom stereocenters. The van der Waals surface area contributed by atoms with Crippen molar-refractivity contribution in [3.63, 3.8) is 0 Å². The minimum absolute atomic E-state index is 0.319. The number of nitrogens with two attached hydrogens (primary N) is 1. The number of rotatable bonds is 3. The van der Waals surface area contributed by atoms with Gasteiger partial charge in [0.15, 0.2) is 0 Å². The number of methoxy groups -OCH3 is 1. The summed E-state index contributed by atoms with van der Waals surface area (Å²) in [6.45, 7) is 0. The lowest BCUT2D eigenvalue weighted by Crippen LogP contribution is -2.02. The summed E-state index contributed by atoms with van der Waals surface area (Å²) < 4.78 is 19.2. The van der Waals surface area contributed by atoms with E-state index in [1.807, 2.05) is 6.07 Å². The molecule has 21 heavy (non-hydrogen) atoms. The summed E-state index contributed by atoms with van der Waals surface area (Å²) >= 11 is 0. The average Bonchev–Trinajstić information content (AvgIpc) is 2.49. The van der Waals surface area contributed by atoms with Crippen LogP contribution in [-0.4, -0.2) is 17.1 Å². The van der Waals surface area contributed by atoms with Gasteiger partial charge in [0.25, 0.3) is 0 Å². The number of aromatic nitrogens is 2. The van der Waals surface area contributed by atoms with Gasteiger partial charge in [-0.3, -0.25) is 4.98 Å². The van der Waals surface area contributed by atoms with Crippen molar-refractivity contribution in [3.8, 4) is 5.75 Å². The molecule has 0 aliphatic rings. The third-order valence-corrected chi connectivity index (χ3v) is 3.39. The van der Waals surface area contributed by atoms with Crippen molar-refractivity contribution >= 4 is 16.7 Å². The molecule has 0 aliphatic heterocycles. The standard InChI is InChI=1S/C16H14FN3O/c1-21-15-4-2-3-13(17)12(15)8-10-7-11-9-19-6-5-14(11)20-16(10)18/h2-7,9H,8H2,1H3,(H2,18,20). The Balaban J connectivity index is 2.08. The van der Waals surface area contributed by atoms with E-state index in [0.717, 1.165) is 16.5 Å². The van der Waals surface area contributed by atoms with E-state index < -0.39 is 0 Å². The second-order valence-corrected chi connectivity index (χ2v) is 4.70. The van der Waals surface area contributed by atoms with E-state index in [1.54, 1.807) is 30.6 Å². The summed E-state index contributed by atoms with van der Waals surface area (Å²) in [5, 5.41) is 0.872. The number of ether oxygens (including phenoxy) is 1. The van der Waals surface area contributed by atoms with Gasteiger partial charge < -0.3 is 10.5 Å². The van der Waals surface area contributed by atoms with Gasteiger partial charge in [-0.2, -0.15) is 0 Å². The second kappa shape index (κ2) is 5.36. The third kappa shape index (κ3) is 2.50. The van der Waals surface area contributed by atoms with Crippen LogP contribution in [0.15, 0.2) is 42.7 Å². The van der Waals surface area contributed by atoms with Crippen molar-refractivity contribution in [1.82, 2.24) is 9.97 Å². The zero-order valence-corrected chi connectivity index (χ0v) is 11.5. The van der Waals surface area contributed by atoms with E-state index in [9.17, 15) is 4.39 Å². The van der Waals surface area contributed by atoms with Gasteiger partial charge in [0.2, 0.25) is 0 Å². The van der Waals surface area contributed by atoms with Gasteiger partial charge in [0.1, 0.15) is 17.4 Å². The molecule has 0 aliphatic carbocycles. The summed E-state index contributed by atoms with van der Waals surface area (Å²) in [4.78, 5) is 8.39. The first-order valence-electron chi connectivity index (χ1n) is 6.49. The van der Waals surface area contributed by atoms with Crippen LogP contribution in [0.4, 0.5) is 10.2 Å². The van der Waals surface area contributed by atoms with Gasteiger partial charge in [-0.05, 0) is 29.8 Å². The van der Waals surface area contributed by atoms with E-state index in [0.29, 0.717) is 23.6 Å². The average molecular weight is 283 g/mol. The number of halogens is 1. The van der Waals surface area contributed by atoms with Crippen molar-refractivity contribution in [3.05, 3.63) is 59.7 Å². The molecule has 2 N–H and O–H groups in total. The Morgan fingerprint density at radius 1 is 1.29 bits per heavy atom. The van der Waals surface area contributed by atoms with E-state index in [-0.39, 0.29) is 5.82 Å². The lowest BCUT2D eigenvalue weighted by atomic mass is 10.0. The molecule has 0 radical (unpaired) electrons. The summed E-state index contributed by atoms with van der Waals surface area (Å²) in [5.41, 5.74) is 7.97. The Labute approximate surface area is 121 Å². The van der Waals surface area contributed by atoms with E-state index in [2.05, 4.69) is 9.97 Å². The molecular weight excluding hydrogens is 269 g/mol. The molecule has 3 aromatic rings. The maximum atomic E-state index is 14.0. The minimum Gasteiger partial charge on any atom is -0.496 e. The zero-order chi connectivity index (χ0) is 14.8. The van der Waals surface area contributed by atoms with E-state index >= 15 is 0 Å². The second-order valence-electron chi connectivity index (χ2n) is 4.70. The summed E-state index contributed by atoms with van der Waals surface area (Å²) in [7, 11) is 1.52. The van der Waals surface area contributed by atoms with Crippen LogP contribution < -0.4 is 10.5 Å². The van der Waals surface area contributed by atoms with Crippen LogP contribution in [0.25, 0.3) is 10.9 Å². The van der Waals surface area contributed by atoms with Crippen molar-refractivity contribution < 1.29 is 9.13 Å². The predicted octanol–water partition coefficient (Wildman–Crippen LogP) is 2.95. The van der Waals surface area contributed by atoms with Crippen molar-refractivity contribution in [2.75, 3.05) is 12.8 Å². The third-order valence-electron chi connectivity index (χ3n) is 3.39. The first-order valence-corrected chi connectivity index (χ1v) is 6.49. The maximum Gasteiger partial charge on any atom is 0.130 e. The molecule has 1 aromatic carbocycles. The molecule has 0 atom stereocenters. The molecule has 5 heteroatoms. The summed E-state index contributed by atoms with van der Waals surface area (Å²) in [5.74, 6) is 0.569. The maximum absolute atomic E-state index is 14.0. The molecule has 4 nitrogen and oxygen atoms in total. The van der Waals surface area contributed by atoms with Crippen LogP contribution in [0.3, 0.4) is 0 Å². The van der Waals surface area contributed by atoms with Gasteiger partial charge in [0, 0.05) is 29.8 Å². The highest BCUT2D eigenvalue weighted by Crippen LogP contribution is 2.27. The van der Waals surface area contributed by atoms with Crippen molar-refractivity contribution in [2.45, 2.75) is 6.42 Å². The fourth-order valence-electron chi connectivity index (χ4n) is 2.31. The summed E-state index contributed by atoms with van der Waals surface area (Å²) in [6, 6.07) is 8.42. The molecular formula is C16H14FN3O. The minimum atomic E-state index is -0.319. The number of nitrogen functional groups attached to an aromatic ring is 1. The quantitative estimate of drug-likeness (QED) is 0.802. The lowest BCUT2D eigenvalue weighted by molar-refractivity contribution is 0.405. The number of fused-ring (bicyclic) bond motifs is 1. The first kappa shape index (κ1) is 13.3. The normalized spacial score (nSPS) is 10.8. The Morgan fingerprint density at radius 3 is 2.95 bits per heavy atom. The largest absolute Gasteiger partial charge is 0.496 e. The number of hydrogen-bond acceptors (Lipinski definition) is 4. The molecule has 0 saturated heterocycles. The molecule has 2 heterocycles. The molecule has 0 saturated carbocycles. The van der Waals surface area contributed by atoms with Crippen molar-refractivity contribution in [2.24, 2.45) is 0 Å². The van der Waals surface area contributed by atoms with Gasteiger partial charge >= 0.3 is 0 Å². The molecule has 0 amide bonds. The Bertz CT molecular complexity index is 805. The van der Waals surface area contributed by atoms with Crippen LogP contribution >= 0.6 is 0 Å². The molecule has 3 rings (SSSR count). The fraction of sp³-hybridized carbons (Fsp3) is 0.125. The monoisotopic (exact) mass is 283 g/mol. The van der Waals surface area contributed by atoms with Crippen LogP contribution in [0.5, 0.6) is 5.75 Å².